The van der Waals surface area contributed by atoms with E-state index in [1.54, 1.807) is 0 Å². The van der Waals surface area contributed by atoms with E-state index in [9.17, 15) is 4.79 Å². The van der Waals surface area contributed by atoms with E-state index in [2.05, 4.69) is 24.1 Å². The van der Waals surface area contributed by atoms with E-state index in [0.29, 0.717) is 24.3 Å². The van der Waals surface area contributed by atoms with Crippen LogP contribution in [-0.2, 0) is 4.79 Å². The number of nitrogens with zero attached hydrogens (tertiary/aromatic N) is 1. The third kappa shape index (κ3) is 4.97. The van der Waals surface area contributed by atoms with Crippen molar-refractivity contribution in [2.24, 2.45) is 5.92 Å². The summed E-state index contributed by atoms with van der Waals surface area (Å²) in [7, 11) is 0. The molecule has 1 heterocycles. The van der Waals surface area contributed by atoms with E-state index in [-0.39, 0.29) is 0 Å². The number of carbonyl (C=O) groups excluding carboxylic acids is 1. The predicted molar refractivity (Wildman–Crippen MR) is 76.6 cm³/mol. The Bertz CT molecular complexity index is 227. The molecule has 2 atom stereocenters. The molecule has 0 aromatic heterocycles. The van der Waals surface area contributed by atoms with E-state index in [1.165, 1.54) is 25.7 Å². The fraction of sp³-hybridized carbons (Fsp3) is 0.933. The van der Waals surface area contributed by atoms with Crippen molar-refractivity contribution in [3.05, 3.63) is 0 Å². The zero-order valence-electron chi connectivity index (χ0n) is 12.4. The standard InChI is InChI=1S/C15H30N2O/c1-4-7-8-13-10-14(16-9-5-2)12-17(11-13)15(18)6-3/h13-14,16H,4-12H2,1-3H3. The quantitative estimate of drug-likeness (QED) is 0.757. The van der Waals surface area contributed by atoms with Gasteiger partial charge in [0.1, 0.15) is 0 Å². The van der Waals surface area contributed by atoms with Crippen LogP contribution in [0.1, 0.15) is 59.3 Å². The highest BCUT2D eigenvalue weighted by atomic mass is 16.2. The molecule has 3 nitrogen and oxygen atoms in total. The number of amides is 1. The van der Waals surface area contributed by atoms with Crippen LogP contribution in [0.25, 0.3) is 0 Å². The first-order valence-electron chi connectivity index (χ1n) is 7.72. The fourth-order valence-corrected chi connectivity index (χ4v) is 2.83. The van der Waals surface area contributed by atoms with Crippen LogP contribution in [0.3, 0.4) is 0 Å². The highest BCUT2D eigenvalue weighted by Crippen LogP contribution is 2.22. The van der Waals surface area contributed by atoms with Crippen LogP contribution >= 0.6 is 0 Å². The number of likely N-dealkylation sites (tertiary alicyclic amines) is 1. The van der Waals surface area contributed by atoms with Crippen LogP contribution in [0.2, 0.25) is 0 Å². The van der Waals surface area contributed by atoms with Crippen LogP contribution in [0.5, 0.6) is 0 Å². The number of piperidine rings is 1. The Morgan fingerprint density at radius 1 is 1.22 bits per heavy atom. The Kier molecular flexibility index (Phi) is 7.33. The summed E-state index contributed by atoms with van der Waals surface area (Å²) in [5.41, 5.74) is 0. The summed E-state index contributed by atoms with van der Waals surface area (Å²) in [6.07, 6.45) is 6.87. The molecular formula is C15H30N2O. The van der Waals surface area contributed by atoms with Crippen molar-refractivity contribution in [3.8, 4) is 0 Å². The molecule has 0 spiro atoms. The van der Waals surface area contributed by atoms with Crippen LogP contribution in [0.15, 0.2) is 0 Å². The zero-order chi connectivity index (χ0) is 13.4. The maximum atomic E-state index is 11.9. The highest BCUT2D eigenvalue weighted by Gasteiger charge is 2.28. The summed E-state index contributed by atoms with van der Waals surface area (Å²) in [4.78, 5) is 14.0. The van der Waals surface area contributed by atoms with Crippen molar-refractivity contribution < 1.29 is 4.79 Å². The first-order chi connectivity index (χ1) is 8.71. The highest BCUT2D eigenvalue weighted by molar-refractivity contribution is 5.76. The Balaban J connectivity index is 2.51. The van der Waals surface area contributed by atoms with Crippen LogP contribution in [0, 0.1) is 5.92 Å². The average molecular weight is 254 g/mol. The Morgan fingerprint density at radius 3 is 2.61 bits per heavy atom. The largest absolute Gasteiger partial charge is 0.341 e. The van der Waals surface area contributed by atoms with E-state index in [4.69, 9.17) is 0 Å². The molecule has 1 aliphatic heterocycles. The Morgan fingerprint density at radius 2 is 2.00 bits per heavy atom. The smallest absolute Gasteiger partial charge is 0.222 e. The molecule has 0 aromatic carbocycles. The summed E-state index contributed by atoms with van der Waals surface area (Å²) >= 11 is 0. The van der Waals surface area contributed by atoms with Gasteiger partial charge in [0.05, 0.1) is 0 Å². The normalized spacial score (nSPS) is 24.3. The summed E-state index contributed by atoms with van der Waals surface area (Å²) in [6.45, 7) is 9.36. The minimum atomic E-state index is 0.319. The number of rotatable bonds is 7. The summed E-state index contributed by atoms with van der Waals surface area (Å²) in [5, 5.41) is 3.59. The minimum absolute atomic E-state index is 0.319. The molecular weight excluding hydrogens is 224 g/mol. The fourth-order valence-electron chi connectivity index (χ4n) is 2.83. The maximum absolute atomic E-state index is 11.9. The van der Waals surface area contributed by atoms with Crippen molar-refractivity contribution >= 4 is 5.91 Å². The van der Waals surface area contributed by atoms with Gasteiger partial charge in [0.15, 0.2) is 0 Å². The molecule has 2 unspecified atom stereocenters. The summed E-state index contributed by atoms with van der Waals surface area (Å²) in [5.74, 6) is 1.02. The second-order valence-electron chi connectivity index (χ2n) is 5.55. The SMILES string of the molecule is CCCCC1CC(NCCC)CN(C(=O)CC)C1. The first-order valence-corrected chi connectivity index (χ1v) is 7.72. The van der Waals surface area contributed by atoms with E-state index in [1.807, 2.05) is 6.92 Å². The van der Waals surface area contributed by atoms with Gasteiger partial charge in [-0.3, -0.25) is 4.79 Å². The molecule has 0 radical (unpaired) electrons. The lowest BCUT2D eigenvalue weighted by Crippen LogP contribution is -2.51. The molecule has 1 N–H and O–H groups in total. The topological polar surface area (TPSA) is 32.3 Å². The Labute approximate surface area is 112 Å². The molecule has 3 heteroatoms. The number of hydrogen-bond acceptors (Lipinski definition) is 2. The van der Waals surface area contributed by atoms with E-state index < -0.39 is 0 Å². The molecule has 106 valence electrons. The third-order valence-electron chi connectivity index (χ3n) is 3.84. The molecule has 1 amide bonds. The van der Waals surface area contributed by atoms with Crippen molar-refractivity contribution in [1.29, 1.82) is 0 Å². The summed E-state index contributed by atoms with van der Waals surface area (Å²) < 4.78 is 0. The molecule has 1 rings (SSSR count). The van der Waals surface area contributed by atoms with Gasteiger partial charge < -0.3 is 10.2 Å². The molecule has 18 heavy (non-hydrogen) atoms. The monoisotopic (exact) mass is 254 g/mol. The van der Waals surface area contributed by atoms with Gasteiger partial charge in [0.25, 0.3) is 0 Å². The summed E-state index contributed by atoms with van der Waals surface area (Å²) in [6, 6.07) is 0.510. The van der Waals surface area contributed by atoms with Gasteiger partial charge in [0, 0.05) is 25.6 Å². The first kappa shape index (κ1) is 15.5. The van der Waals surface area contributed by atoms with Crippen molar-refractivity contribution in [1.82, 2.24) is 10.2 Å². The lowest BCUT2D eigenvalue weighted by Gasteiger charge is -2.38. The minimum Gasteiger partial charge on any atom is -0.341 e. The van der Waals surface area contributed by atoms with Gasteiger partial charge in [0.2, 0.25) is 5.91 Å². The number of carbonyl (C=O) groups is 1. The van der Waals surface area contributed by atoms with E-state index >= 15 is 0 Å². The van der Waals surface area contributed by atoms with Crippen molar-refractivity contribution in [2.45, 2.75) is 65.3 Å². The second-order valence-corrected chi connectivity index (χ2v) is 5.55. The molecule has 1 fully saturated rings. The van der Waals surface area contributed by atoms with Crippen LogP contribution in [-0.4, -0.2) is 36.5 Å². The van der Waals surface area contributed by atoms with Crippen molar-refractivity contribution in [3.63, 3.8) is 0 Å². The average Bonchev–Trinajstić information content (AvgIpc) is 2.41. The lowest BCUT2D eigenvalue weighted by molar-refractivity contribution is -0.133. The Hall–Kier alpha value is -0.570. The van der Waals surface area contributed by atoms with Crippen LogP contribution < -0.4 is 5.32 Å². The molecule has 0 saturated carbocycles. The molecule has 1 saturated heterocycles. The molecule has 0 aliphatic carbocycles. The van der Waals surface area contributed by atoms with E-state index in [0.717, 1.165) is 26.1 Å². The third-order valence-corrected chi connectivity index (χ3v) is 3.84. The van der Waals surface area contributed by atoms with Gasteiger partial charge in [-0.05, 0) is 31.7 Å². The zero-order valence-corrected chi connectivity index (χ0v) is 12.4. The van der Waals surface area contributed by atoms with Gasteiger partial charge in [-0.25, -0.2) is 0 Å². The van der Waals surface area contributed by atoms with Crippen molar-refractivity contribution in [2.75, 3.05) is 19.6 Å². The molecule has 1 aliphatic rings. The van der Waals surface area contributed by atoms with Gasteiger partial charge in [-0.1, -0.05) is 33.6 Å². The second kappa shape index (κ2) is 8.52. The maximum Gasteiger partial charge on any atom is 0.222 e. The lowest BCUT2D eigenvalue weighted by atomic mass is 9.89. The van der Waals surface area contributed by atoms with Gasteiger partial charge in [-0.2, -0.15) is 0 Å². The van der Waals surface area contributed by atoms with Gasteiger partial charge >= 0.3 is 0 Å². The van der Waals surface area contributed by atoms with Gasteiger partial charge in [-0.15, -0.1) is 0 Å². The van der Waals surface area contributed by atoms with Crippen LogP contribution in [0.4, 0.5) is 0 Å². The predicted octanol–water partition coefficient (Wildman–Crippen LogP) is 2.80. The number of hydrogen-bond donors (Lipinski definition) is 1. The number of unbranched alkanes of at least 4 members (excludes halogenated alkanes) is 1. The number of nitrogens with one attached hydrogen (secondary N) is 1. The molecule has 0 aromatic rings. The molecule has 0 bridgehead atoms.